The molecule has 0 atom stereocenters. The minimum atomic E-state index is -0.246. The molecule has 4 nitrogen and oxygen atoms in total. The minimum Gasteiger partial charge on any atom is -0.380 e. The Kier molecular flexibility index (Phi) is 5.41. The maximum absolute atomic E-state index is 13.6. The van der Waals surface area contributed by atoms with Gasteiger partial charge in [-0.15, -0.1) is 0 Å². The van der Waals surface area contributed by atoms with Crippen LogP contribution in [-0.2, 0) is 6.54 Å². The molecule has 1 heterocycles. The summed E-state index contributed by atoms with van der Waals surface area (Å²) in [6, 6.07) is 8.65. The number of benzene rings is 1. The Labute approximate surface area is 141 Å². The Morgan fingerprint density at radius 2 is 1.96 bits per heavy atom. The van der Waals surface area contributed by atoms with Gasteiger partial charge in [0.1, 0.15) is 5.82 Å². The van der Waals surface area contributed by atoms with E-state index in [1.165, 1.54) is 25.3 Å². The number of carbonyl (C=O) groups excluding carboxylic acids is 1. The highest BCUT2D eigenvalue weighted by Crippen LogP contribution is 2.18. The zero-order chi connectivity index (χ0) is 16.8. The molecule has 0 spiro atoms. The van der Waals surface area contributed by atoms with Gasteiger partial charge in [0.2, 0.25) is 0 Å². The van der Waals surface area contributed by atoms with E-state index in [1.54, 1.807) is 36.7 Å². The average molecular weight is 327 g/mol. The molecule has 1 aliphatic rings. The van der Waals surface area contributed by atoms with E-state index in [0.29, 0.717) is 23.4 Å². The maximum atomic E-state index is 13.6. The molecule has 1 aromatic heterocycles. The number of anilines is 1. The van der Waals surface area contributed by atoms with Crippen LogP contribution in [-0.4, -0.2) is 16.9 Å². The van der Waals surface area contributed by atoms with Gasteiger partial charge >= 0.3 is 0 Å². The fraction of sp³-hybridized carbons (Fsp3) is 0.368. The van der Waals surface area contributed by atoms with Gasteiger partial charge in [0.15, 0.2) is 0 Å². The number of amides is 1. The van der Waals surface area contributed by atoms with E-state index in [0.717, 1.165) is 12.8 Å². The van der Waals surface area contributed by atoms with Crippen LogP contribution in [0.25, 0.3) is 0 Å². The van der Waals surface area contributed by atoms with Crippen molar-refractivity contribution in [2.75, 3.05) is 5.32 Å². The van der Waals surface area contributed by atoms with E-state index in [4.69, 9.17) is 0 Å². The summed E-state index contributed by atoms with van der Waals surface area (Å²) in [5, 5.41) is 6.20. The van der Waals surface area contributed by atoms with Gasteiger partial charge in [0.05, 0.1) is 11.3 Å². The Balaban J connectivity index is 1.61. The molecular weight excluding hydrogens is 305 g/mol. The zero-order valence-electron chi connectivity index (χ0n) is 13.6. The predicted octanol–water partition coefficient (Wildman–Crippen LogP) is 3.90. The molecule has 5 heteroatoms. The second kappa shape index (κ2) is 7.90. The van der Waals surface area contributed by atoms with Crippen LogP contribution in [0.5, 0.6) is 0 Å². The van der Waals surface area contributed by atoms with Gasteiger partial charge in [-0.2, -0.15) is 0 Å². The minimum absolute atomic E-state index is 0.0936. The topological polar surface area (TPSA) is 54.0 Å². The highest BCUT2D eigenvalue weighted by atomic mass is 19.1. The van der Waals surface area contributed by atoms with Crippen molar-refractivity contribution in [2.45, 2.75) is 44.7 Å². The van der Waals surface area contributed by atoms with Gasteiger partial charge in [-0.25, -0.2) is 4.39 Å². The summed E-state index contributed by atoms with van der Waals surface area (Å²) in [7, 11) is 0. The number of nitrogens with one attached hydrogen (secondary N) is 2. The van der Waals surface area contributed by atoms with E-state index < -0.39 is 0 Å². The van der Waals surface area contributed by atoms with E-state index >= 15 is 0 Å². The lowest BCUT2D eigenvalue weighted by molar-refractivity contribution is 0.0927. The molecule has 0 bridgehead atoms. The maximum Gasteiger partial charge on any atom is 0.253 e. The summed E-state index contributed by atoms with van der Waals surface area (Å²) in [5.74, 6) is -0.340. The Hall–Kier alpha value is -2.43. The number of pyridine rings is 1. The first kappa shape index (κ1) is 16.4. The quantitative estimate of drug-likeness (QED) is 0.876. The van der Waals surface area contributed by atoms with Crippen LogP contribution in [0.2, 0.25) is 0 Å². The van der Waals surface area contributed by atoms with Crippen molar-refractivity contribution in [2.24, 2.45) is 0 Å². The number of hydrogen-bond acceptors (Lipinski definition) is 3. The molecule has 0 unspecified atom stereocenters. The average Bonchev–Trinajstić information content (AvgIpc) is 2.62. The van der Waals surface area contributed by atoms with Crippen LogP contribution in [0.1, 0.15) is 48.0 Å². The number of aromatic nitrogens is 1. The first-order chi connectivity index (χ1) is 11.7. The summed E-state index contributed by atoms with van der Waals surface area (Å²) >= 11 is 0. The lowest BCUT2D eigenvalue weighted by Gasteiger charge is -2.22. The van der Waals surface area contributed by atoms with E-state index in [1.807, 2.05) is 0 Å². The largest absolute Gasteiger partial charge is 0.380 e. The molecular formula is C19H22FN3O. The third-order valence-corrected chi connectivity index (χ3v) is 4.38. The van der Waals surface area contributed by atoms with Crippen LogP contribution in [0.3, 0.4) is 0 Å². The zero-order valence-corrected chi connectivity index (χ0v) is 13.6. The summed E-state index contributed by atoms with van der Waals surface area (Å²) in [4.78, 5) is 16.5. The van der Waals surface area contributed by atoms with Crippen molar-refractivity contribution in [3.63, 3.8) is 0 Å². The van der Waals surface area contributed by atoms with E-state index in [-0.39, 0.29) is 17.8 Å². The van der Waals surface area contributed by atoms with Crippen LogP contribution < -0.4 is 10.6 Å². The molecule has 1 aliphatic carbocycles. The normalized spacial score (nSPS) is 15.0. The Bertz CT molecular complexity index is 699. The summed E-state index contributed by atoms with van der Waals surface area (Å²) < 4.78 is 13.6. The second-order valence-electron chi connectivity index (χ2n) is 6.22. The van der Waals surface area contributed by atoms with Crippen molar-refractivity contribution >= 4 is 11.6 Å². The Morgan fingerprint density at radius 3 is 2.75 bits per heavy atom. The number of halogens is 1. The first-order valence-corrected chi connectivity index (χ1v) is 8.45. The molecule has 1 fully saturated rings. The molecule has 1 amide bonds. The van der Waals surface area contributed by atoms with Gasteiger partial charge < -0.3 is 10.6 Å². The number of rotatable bonds is 5. The monoisotopic (exact) mass is 327 g/mol. The second-order valence-corrected chi connectivity index (χ2v) is 6.22. The van der Waals surface area contributed by atoms with Crippen molar-refractivity contribution in [3.05, 3.63) is 59.7 Å². The van der Waals surface area contributed by atoms with Crippen molar-refractivity contribution in [3.8, 4) is 0 Å². The lowest BCUT2D eigenvalue weighted by atomic mass is 9.95. The highest BCUT2D eigenvalue weighted by Gasteiger charge is 2.17. The smallest absolute Gasteiger partial charge is 0.253 e. The van der Waals surface area contributed by atoms with E-state index in [2.05, 4.69) is 15.6 Å². The summed E-state index contributed by atoms with van der Waals surface area (Å²) in [6.45, 7) is 0.349. The third-order valence-electron chi connectivity index (χ3n) is 4.38. The van der Waals surface area contributed by atoms with Gasteiger partial charge in [-0.3, -0.25) is 9.78 Å². The van der Waals surface area contributed by atoms with Crippen molar-refractivity contribution < 1.29 is 9.18 Å². The first-order valence-electron chi connectivity index (χ1n) is 8.45. The summed E-state index contributed by atoms with van der Waals surface area (Å²) in [5.41, 5.74) is 1.81. The van der Waals surface area contributed by atoms with Gasteiger partial charge in [0.25, 0.3) is 5.91 Å². The summed E-state index contributed by atoms with van der Waals surface area (Å²) in [6.07, 6.45) is 8.89. The number of nitrogens with zero attached hydrogens (tertiary/aromatic N) is 1. The molecule has 24 heavy (non-hydrogen) atoms. The molecule has 0 aliphatic heterocycles. The molecule has 1 saturated carbocycles. The molecule has 3 rings (SSSR count). The molecule has 1 aromatic carbocycles. The Morgan fingerprint density at radius 1 is 1.17 bits per heavy atom. The van der Waals surface area contributed by atoms with Gasteiger partial charge in [-0.1, -0.05) is 37.5 Å². The number of carbonyl (C=O) groups is 1. The highest BCUT2D eigenvalue weighted by molar-refractivity contribution is 5.94. The molecule has 126 valence electrons. The number of hydrogen-bond donors (Lipinski definition) is 2. The molecule has 0 saturated heterocycles. The van der Waals surface area contributed by atoms with Crippen LogP contribution in [0.15, 0.2) is 42.7 Å². The fourth-order valence-electron chi connectivity index (χ4n) is 3.02. The molecule has 0 radical (unpaired) electrons. The van der Waals surface area contributed by atoms with Crippen LogP contribution in [0, 0.1) is 5.82 Å². The van der Waals surface area contributed by atoms with Crippen molar-refractivity contribution in [1.82, 2.24) is 10.3 Å². The van der Waals surface area contributed by atoms with Crippen molar-refractivity contribution in [1.29, 1.82) is 0 Å². The molecule has 2 aromatic rings. The third kappa shape index (κ3) is 4.31. The fourth-order valence-corrected chi connectivity index (χ4v) is 3.02. The standard InChI is InChI=1S/C19H22FN3O/c20-18-9-5-4-6-14(18)12-22-17-10-15(11-21-13-17)19(24)23-16-7-2-1-3-8-16/h4-6,9-11,13,16,22H,1-3,7-8,12H2,(H,23,24). The van der Waals surface area contributed by atoms with Gasteiger partial charge in [-0.05, 0) is 25.0 Å². The van der Waals surface area contributed by atoms with Gasteiger partial charge in [0, 0.05) is 30.5 Å². The predicted molar refractivity (Wildman–Crippen MR) is 92.3 cm³/mol. The van der Waals surface area contributed by atoms with Crippen LogP contribution in [0.4, 0.5) is 10.1 Å². The molecule has 2 N–H and O–H groups in total. The SMILES string of the molecule is O=C(NC1CCCCC1)c1cncc(NCc2ccccc2F)c1. The lowest BCUT2D eigenvalue weighted by Crippen LogP contribution is -2.36. The van der Waals surface area contributed by atoms with Crippen LogP contribution >= 0.6 is 0 Å². The van der Waals surface area contributed by atoms with E-state index in [9.17, 15) is 9.18 Å².